The van der Waals surface area contributed by atoms with Gasteiger partial charge in [0, 0.05) is 13.1 Å². The number of aromatic nitrogens is 2. The minimum Gasteiger partial charge on any atom is -0.508 e. The number of hydrogen-bond donors (Lipinski definition) is 4. The van der Waals surface area contributed by atoms with Crippen molar-refractivity contribution >= 4 is 11.0 Å². The molecule has 4 N–H and O–H groups in total. The van der Waals surface area contributed by atoms with E-state index in [-0.39, 0.29) is 17.9 Å². The van der Waals surface area contributed by atoms with Gasteiger partial charge in [0.2, 0.25) is 0 Å². The van der Waals surface area contributed by atoms with Gasteiger partial charge in [-0.15, -0.1) is 0 Å². The number of aliphatic hydroxyl groups is 1. The average Bonchev–Trinajstić information content (AvgIpc) is 2.68. The van der Waals surface area contributed by atoms with Crippen LogP contribution in [0.4, 0.5) is 0 Å². The molecule has 154 valence electrons. The molecule has 1 aromatic heterocycles. The number of benzene rings is 2. The van der Waals surface area contributed by atoms with Crippen LogP contribution in [0.5, 0.6) is 17.2 Å². The first-order valence-electron chi connectivity index (χ1n) is 9.37. The van der Waals surface area contributed by atoms with Gasteiger partial charge in [-0.3, -0.25) is 4.79 Å². The van der Waals surface area contributed by atoms with E-state index in [1.54, 1.807) is 43.3 Å². The number of aromatic hydroxyl groups is 1. The van der Waals surface area contributed by atoms with E-state index >= 15 is 0 Å². The molecule has 0 aliphatic heterocycles. The second kappa shape index (κ2) is 9.40. The van der Waals surface area contributed by atoms with E-state index in [1.807, 2.05) is 6.92 Å². The lowest BCUT2D eigenvalue weighted by Gasteiger charge is -2.15. The maximum Gasteiger partial charge on any atom is 0.269 e. The van der Waals surface area contributed by atoms with Crippen molar-refractivity contribution in [2.24, 2.45) is 0 Å². The van der Waals surface area contributed by atoms with E-state index in [9.17, 15) is 15.0 Å². The zero-order valence-electron chi connectivity index (χ0n) is 16.4. The first-order valence-corrected chi connectivity index (χ1v) is 9.37. The fourth-order valence-electron chi connectivity index (χ4n) is 2.83. The third-order valence-corrected chi connectivity index (χ3v) is 4.36. The highest BCUT2D eigenvalue weighted by Crippen LogP contribution is 2.22. The second-order valence-electron chi connectivity index (χ2n) is 6.77. The van der Waals surface area contributed by atoms with E-state index in [4.69, 9.17) is 9.47 Å². The Balaban J connectivity index is 1.43. The SMILES string of the molecule is Cc1cc(O)ccc1OCCNCC(O)COc1cccc2[nH]c(=O)c(C)nc12. The normalized spacial score (nSPS) is 12.1. The Morgan fingerprint density at radius 1 is 1.17 bits per heavy atom. The van der Waals surface area contributed by atoms with Crippen molar-refractivity contribution in [1.29, 1.82) is 0 Å². The van der Waals surface area contributed by atoms with Crippen molar-refractivity contribution < 1.29 is 19.7 Å². The topological polar surface area (TPSA) is 117 Å². The molecule has 0 amide bonds. The fraction of sp³-hybridized carbons (Fsp3) is 0.333. The van der Waals surface area contributed by atoms with E-state index in [0.717, 1.165) is 5.56 Å². The summed E-state index contributed by atoms with van der Waals surface area (Å²) in [6.07, 6.45) is -0.718. The van der Waals surface area contributed by atoms with Crippen LogP contribution in [-0.4, -0.2) is 52.6 Å². The Morgan fingerprint density at radius 2 is 2.00 bits per heavy atom. The lowest BCUT2D eigenvalue weighted by Crippen LogP contribution is -2.33. The largest absolute Gasteiger partial charge is 0.508 e. The second-order valence-corrected chi connectivity index (χ2v) is 6.77. The molecule has 1 atom stereocenters. The molecule has 0 spiro atoms. The van der Waals surface area contributed by atoms with Gasteiger partial charge in [0.05, 0.1) is 5.52 Å². The molecular weight excluding hydrogens is 374 g/mol. The van der Waals surface area contributed by atoms with Crippen molar-refractivity contribution in [2.45, 2.75) is 20.0 Å². The summed E-state index contributed by atoms with van der Waals surface area (Å²) in [6.45, 7) is 4.90. The number of ether oxygens (including phenoxy) is 2. The van der Waals surface area contributed by atoms with Gasteiger partial charge in [-0.1, -0.05) is 6.07 Å². The number of fused-ring (bicyclic) bond motifs is 1. The number of para-hydroxylation sites is 1. The maximum atomic E-state index is 11.7. The third-order valence-electron chi connectivity index (χ3n) is 4.36. The summed E-state index contributed by atoms with van der Waals surface area (Å²) >= 11 is 0. The molecule has 29 heavy (non-hydrogen) atoms. The van der Waals surface area contributed by atoms with Crippen LogP contribution >= 0.6 is 0 Å². The number of aromatic amines is 1. The monoisotopic (exact) mass is 399 g/mol. The summed E-state index contributed by atoms with van der Waals surface area (Å²) in [5.41, 5.74) is 2.14. The Bertz CT molecular complexity index is 1030. The molecular formula is C21H25N3O5. The van der Waals surface area contributed by atoms with Crippen molar-refractivity contribution in [3.8, 4) is 17.2 Å². The van der Waals surface area contributed by atoms with E-state index in [2.05, 4.69) is 15.3 Å². The summed E-state index contributed by atoms with van der Waals surface area (Å²) < 4.78 is 11.3. The molecule has 3 rings (SSSR count). The number of nitrogens with one attached hydrogen (secondary N) is 2. The maximum absolute atomic E-state index is 11.7. The summed E-state index contributed by atoms with van der Waals surface area (Å²) in [5, 5.41) is 22.6. The van der Waals surface area contributed by atoms with Crippen LogP contribution in [0, 0.1) is 13.8 Å². The predicted octanol–water partition coefficient (Wildman–Crippen LogP) is 1.65. The smallest absolute Gasteiger partial charge is 0.269 e. The van der Waals surface area contributed by atoms with Gasteiger partial charge in [0.15, 0.2) is 0 Å². The molecule has 3 aromatic rings. The van der Waals surface area contributed by atoms with Gasteiger partial charge in [-0.05, 0) is 49.7 Å². The van der Waals surface area contributed by atoms with Crippen LogP contribution in [0.1, 0.15) is 11.3 Å². The zero-order chi connectivity index (χ0) is 20.8. The summed E-state index contributed by atoms with van der Waals surface area (Å²) in [5.74, 6) is 1.43. The molecule has 1 unspecified atom stereocenters. The van der Waals surface area contributed by atoms with Crippen LogP contribution in [0.2, 0.25) is 0 Å². The molecule has 0 bridgehead atoms. The highest BCUT2D eigenvalue weighted by Gasteiger charge is 2.10. The standard InChI is InChI=1S/C21H25N3O5/c1-13-10-15(25)6-7-18(13)28-9-8-22-11-16(26)12-29-19-5-3-4-17-20(19)23-14(2)21(27)24-17/h3-7,10,16,22,25-26H,8-9,11-12H2,1-2H3,(H,24,27). The van der Waals surface area contributed by atoms with Crippen LogP contribution in [0.3, 0.4) is 0 Å². The van der Waals surface area contributed by atoms with Crippen molar-refractivity contribution in [1.82, 2.24) is 15.3 Å². The Kier molecular flexibility index (Phi) is 6.69. The highest BCUT2D eigenvalue weighted by atomic mass is 16.5. The molecule has 0 fully saturated rings. The molecule has 2 aromatic carbocycles. The van der Waals surface area contributed by atoms with Gasteiger partial charge in [0.1, 0.15) is 47.8 Å². The number of hydrogen-bond acceptors (Lipinski definition) is 7. The average molecular weight is 399 g/mol. The van der Waals surface area contributed by atoms with Gasteiger partial charge in [0.25, 0.3) is 5.56 Å². The Morgan fingerprint density at radius 3 is 2.79 bits per heavy atom. The van der Waals surface area contributed by atoms with Gasteiger partial charge in [-0.2, -0.15) is 0 Å². The summed E-state index contributed by atoms with van der Waals surface area (Å²) in [4.78, 5) is 18.7. The van der Waals surface area contributed by atoms with Crippen LogP contribution in [-0.2, 0) is 0 Å². The first kappa shape index (κ1) is 20.6. The number of aryl methyl sites for hydroxylation is 2. The van der Waals surface area contributed by atoms with Crippen LogP contribution in [0.15, 0.2) is 41.2 Å². The minimum absolute atomic E-state index is 0.0872. The van der Waals surface area contributed by atoms with E-state index in [1.165, 1.54) is 0 Å². The quantitative estimate of drug-likeness (QED) is 0.404. The Labute approximate surface area is 168 Å². The number of aliphatic hydroxyl groups excluding tert-OH is 1. The molecule has 0 radical (unpaired) electrons. The summed E-state index contributed by atoms with van der Waals surface area (Å²) in [6, 6.07) is 10.2. The third kappa shape index (κ3) is 5.46. The molecule has 8 nitrogen and oxygen atoms in total. The first-order chi connectivity index (χ1) is 13.9. The van der Waals surface area contributed by atoms with Gasteiger partial charge in [-0.25, -0.2) is 4.98 Å². The summed E-state index contributed by atoms with van der Waals surface area (Å²) in [7, 11) is 0. The predicted molar refractivity (Wildman–Crippen MR) is 110 cm³/mol. The van der Waals surface area contributed by atoms with Crippen LogP contribution in [0.25, 0.3) is 11.0 Å². The number of nitrogens with zero attached hydrogens (tertiary/aromatic N) is 1. The Hall–Kier alpha value is -3.10. The molecule has 0 aliphatic carbocycles. The van der Waals surface area contributed by atoms with E-state index in [0.29, 0.717) is 47.9 Å². The highest BCUT2D eigenvalue weighted by molar-refractivity contribution is 5.80. The van der Waals surface area contributed by atoms with Crippen molar-refractivity contribution in [3.63, 3.8) is 0 Å². The van der Waals surface area contributed by atoms with Crippen molar-refractivity contribution in [2.75, 3.05) is 26.3 Å². The number of rotatable bonds is 9. The number of phenols is 1. The molecule has 1 heterocycles. The lowest BCUT2D eigenvalue weighted by molar-refractivity contribution is 0.106. The molecule has 0 saturated carbocycles. The zero-order valence-corrected chi connectivity index (χ0v) is 16.4. The van der Waals surface area contributed by atoms with Crippen molar-refractivity contribution in [3.05, 3.63) is 58.0 Å². The van der Waals surface area contributed by atoms with Crippen LogP contribution < -0.4 is 20.3 Å². The molecule has 0 saturated heterocycles. The number of H-pyrrole nitrogens is 1. The van der Waals surface area contributed by atoms with Gasteiger partial charge >= 0.3 is 0 Å². The molecule has 8 heteroatoms. The minimum atomic E-state index is -0.718. The van der Waals surface area contributed by atoms with Gasteiger partial charge < -0.3 is 30.0 Å². The number of phenolic OH excluding ortho intramolecular Hbond substituents is 1. The van der Waals surface area contributed by atoms with E-state index < -0.39 is 6.10 Å². The fourth-order valence-corrected chi connectivity index (χ4v) is 2.83. The molecule has 0 aliphatic rings. The lowest BCUT2D eigenvalue weighted by atomic mass is 10.2.